The van der Waals surface area contributed by atoms with Gasteiger partial charge in [0.2, 0.25) is 0 Å². The van der Waals surface area contributed by atoms with Crippen LogP contribution in [0.3, 0.4) is 0 Å². The van der Waals surface area contributed by atoms with Gasteiger partial charge in [0.05, 0.1) is 0 Å². The third-order valence-electron chi connectivity index (χ3n) is 1.14. The quantitative estimate of drug-likeness (QED) is 0.552. The van der Waals surface area contributed by atoms with Gasteiger partial charge < -0.3 is 0 Å². The Morgan fingerprint density at radius 2 is 1.80 bits per heavy atom. The molecule has 0 fully saturated rings. The molecule has 0 rings (SSSR count). The zero-order valence-electron chi connectivity index (χ0n) is 5.58. The molecule has 0 saturated heterocycles. The molecule has 0 aliphatic carbocycles. The van der Waals surface area contributed by atoms with Gasteiger partial charge in [0.15, 0.2) is 6.17 Å². The normalized spacial score (nSPS) is 18.6. The molecule has 1 unspecified atom stereocenters. The summed E-state index contributed by atoms with van der Waals surface area (Å²) >= 11 is 0. The fourth-order valence-corrected chi connectivity index (χ4v) is 0.474. The third kappa shape index (κ3) is 2.15. The van der Waals surface area contributed by atoms with Crippen LogP contribution >= 0.6 is 0 Å². The van der Waals surface area contributed by atoms with Crippen LogP contribution in [0.4, 0.5) is 17.6 Å². The van der Waals surface area contributed by atoms with E-state index in [9.17, 15) is 17.6 Å². The number of hydrogen-bond donors (Lipinski definition) is 0. The molecule has 0 aromatic carbocycles. The highest BCUT2D eigenvalue weighted by Crippen LogP contribution is 2.28. The zero-order valence-corrected chi connectivity index (χ0v) is 5.58. The molecule has 0 bridgehead atoms. The number of halogens is 4. The van der Waals surface area contributed by atoms with E-state index in [1.54, 1.807) is 0 Å². The van der Waals surface area contributed by atoms with E-state index in [1.807, 2.05) is 0 Å². The van der Waals surface area contributed by atoms with Crippen LogP contribution in [0, 0.1) is 6.92 Å². The SMILES string of the molecule is [CH2]CC(F)(F)[C@@H](F)C(C)F. The lowest BCUT2D eigenvalue weighted by atomic mass is 10.1. The minimum atomic E-state index is -3.63. The first-order chi connectivity index (χ1) is 4.41. The molecule has 0 saturated carbocycles. The Balaban J connectivity index is 4.03. The molecule has 0 spiro atoms. The van der Waals surface area contributed by atoms with Crippen LogP contribution in [0.25, 0.3) is 0 Å². The van der Waals surface area contributed by atoms with Gasteiger partial charge in [0, 0.05) is 6.42 Å². The van der Waals surface area contributed by atoms with E-state index in [4.69, 9.17) is 0 Å². The Labute approximate surface area is 57.2 Å². The van der Waals surface area contributed by atoms with Gasteiger partial charge in [-0.3, -0.25) is 0 Å². The van der Waals surface area contributed by atoms with Crippen molar-refractivity contribution in [2.24, 2.45) is 0 Å². The van der Waals surface area contributed by atoms with Crippen molar-refractivity contribution in [2.75, 3.05) is 0 Å². The second-order valence-corrected chi connectivity index (χ2v) is 2.09. The minimum Gasteiger partial charge on any atom is -0.244 e. The molecule has 0 aliphatic rings. The lowest BCUT2D eigenvalue weighted by molar-refractivity contribution is -0.0935. The molecule has 0 aliphatic heterocycles. The van der Waals surface area contributed by atoms with E-state index in [-0.39, 0.29) is 0 Å². The van der Waals surface area contributed by atoms with E-state index in [0.717, 1.165) is 6.92 Å². The van der Waals surface area contributed by atoms with Gasteiger partial charge >= 0.3 is 0 Å². The summed E-state index contributed by atoms with van der Waals surface area (Å²) in [7, 11) is 0. The van der Waals surface area contributed by atoms with Gasteiger partial charge in [-0.25, -0.2) is 17.6 Å². The van der Waals surface area contributed by atoms with Crippen molar-refractivity contribution < 1.29 is 17.6 Å². The summed E-state index contributed by atoms with van der Waals surface area (Å²) < 4.78 is 48.3. The summed E-state index contributed by atoms with van der Waals surface area (Å²) in [5.74, 6) is -3.63. The number of rotatable bonds is 3. The van der Waals surface area contributed by atoms with Gasteiger partial charge in [-0.15, -0.1) is 0 Å². The largest absolute Gasteiger partial charge is 0.281 e. The fraction of sp³-hybridized carbons (Fsp3) is 0.833. The molecule has 61 valence electrons. The second kappa shape index (κ2) is 3.21. The summed E-state index contributed by atoms with van der Waals surface area (Å²) in [6, 6.07) is 0. The van der Waals surface area contributed by atoms with Crippen LogP contribution in [0.15, 0.2) is 0 Å². The maximum absolute atomic E-state index is 12.1. The predicted molar refractivity (Wildman–Crippen MR) is 30.4 cm³/mol. The van der Waals surface area contributed by atoms with E-state index in [2.05, 4.69) is 6.92 Å². The molecule has 0 aromatic heterocycles. The Morgan fingerprint density at radius 3 is 1.90 bits per heavy atom. The molecule has 0 N–H and O–H groups in total. The molecule has 0 amide bonds. The summed E-state index contributed by atoms with van der Waals surface area (Å²) in [5.41, 5.74) is 0. The average molecular weight is 157 g/mol. The van der Waals surface area contributed by atoms with Crippen molar-refractivity contribution >= 4 is 0 Å². The first-order valence-corrected chi connectivity index (χ1v) is 2.87. The van der Waals surface area contributed by atoms with Crippen molar-refractivity contribution in [1.82, 2.24) is 0 Å². The highest BCUT2D eigenvalue weighted by atomic mass is 19.3. The van der Waals surface area contributed by atoms with E-state index in [1.165, 1.54) is 0 Å². The Hall–Kier alpha value is -0.280. The molecular weight excluding hydrogens is 148 g/mol. The molecule has 0 heterocycles. The molecule has 0 nitrogen and oxygen atoms in total. The molecule has 4 heteroatoms. The highest BCUT2D eigenvalue weighted by Gasteiger charge is 2.41. The summed E-state index contributed by atoms with van der Waals surface area (Å²) in [6.45, 7) is 3.56. The van der Waals surface area contributed by atoms with Crippen molar-refractivity contribution in [3.63, 3.8) is 0 Å². The molecule has 10 heavy (non-hydrogen) atoms. The Morgan fingerprint density at radius 1 is 1.40 bits per heavy atom. The van der Waals surface area contributed by atoms with Crippen molar-refractivity contribution in [1.29, 1.82) is 0 Å². The second-order valence-electron chi connectivity index (χ2n) is 2.09. The van der Waals surface area contributed by atoms with Gasteiger partial charge in [-0.2, -0.15) is 0 Å². The zero-order chi connectivity index (χ0) is 8.36. The van der Waals surface area contributed by atoms with Crippen LogP contribution in [0.1, 0.15) is 13.3 Å². The van der Waals surface area contributed by atoms with E-state index < -0.39 is 24.7 Å². The average Bonchev–Trinajstić information content (AvgIpc) is 1.86. The van der Waals surface area contributed by atoms with Crippen molar-refractivity contribution in [2.45, 2.75) is 31.6 Å². The molecule has 0 aromatic rings. The maximum Gasteiger partial charge on any atom is 0.281 e. The molecular formula is C6H9F4. The van der Waals surface area contributed by atoms with Gasteiger partial charge in [0.1, 0.15) is 6.17 Å². The number of alkyl halides is 4. The standard InChI is InChI=1S/C6H9F4/c1-3-6(9,10)5(8)4(2)7/h4-5H,1,3H2,2H3/t4?,5-/m0/s1. The van der Waals surface area contributed by atoms with Crippen molar-refractivity contribution in [3.05, 3.63) is 6.92 Å². The van der Waals surface area contributed by atoms with Gasteiger partial charge in [0.25, 0.3) is 5.92 Å². The van der Waals surface area contributed by atoms with Crippen LogP contribution in [0.5, 0.6) is 0 Å². The highest BCUT2D eigenvalue weighted by molar-refractivity contribution is 4.81. The molecule has 1 radical (unpaired) electrons. The summed E-state index contributed by atoms with van der Waals surface area (Å²) in [6.07, 6.45) is -5.79. The monoisotopic (exact) mass is 157 g/mol. The maximum atomic E-state index is 12.1. The molecule has 2 atom stereocenters. The Kier molecular flexibility index (Phi) is 3.12. The third-order valence-corrected chi connectivity index (χ3v) is 1.14. The lowest BCUT2D eigenvalue weighted by Crippen LogP contribution is -2.35. The predicted octanol–water partition coefficient (Wildman–Crippen LogP) is 2.54. The number of hydrogen-bond acceptors (Lipinski definition) is 0. The van der Waals surface area contributed by atoms with Crippen molar-refractivity contribution in [3.8, 4) is 0 Å². The topological polar surface area (TPSA) is 0 Å². The van der Waals surface area contributed by atoms with Crippen LogP contribution in [-0.2, 0) is 0 Å². The lowest BCUT2D eigenvalue weighted by Gasteiger charge is -2.19. The van der Waals surface area contributed by atoms with E-state index >= 15 is 0 Å². The minimum absolute atomic E-state index is 0.758. The van der Waals surface area contributed by atoms with Gasteiger partial charge in [-0.05, 0) is 13.8 Å². The first kappa shape index (κ1) is 9.72. The Bertz CT molecular complexity index is 99.9. The first-order valence-electron chi connectivity index (χ1n) is 2.87. The van der Waals surface area contributed by atoms with Crippen LogP contribution < -0.4 is 0 Å². The van der Waals surface area contributed by atoms with Crippen LogP contribution in [-0.4, -0.2) is 18.3 Å². The smallest absolute Gasteiger partial charge is 0.244 e. The van der Waals surface area contributed by atoms with Crippen LogP contribution in [0.2, 0.25) is 0 Å². The fourth-order valence-electron chi connectivity index (χ4n) is 0.474. The van der Waals surface area contributed by atoms with Gasteiger partial charge in [-0.1, -0.05) is 0 Å². The summed E-state index contributed by atoms with van der Waals surface area (Å²) in [4.78, 5) is 0. The van der Waals surface area contributed by atoms with E-state index in [0.29, 0.717) is 0 Å². The summed E-state index contributed by atoms with van der Waals surface area (Å²) in [5, 5.41) is 0.